The van der Waals surface area contributed by atoms with Gasteiger partial charge in [-0.05, 0) is 12.8 Å². The number of hydrogen-bond donors (Lipinski definition) is 2. The summed E-state index contributed by atoms with van der Waals surface area (Å²) < 4.78 is 0. The van der Waals surface area contributed by atoms with Gasteiger partial charge in [0.15, 0.2) is 0 Å². The van der Waals surface area contributed by atoms with Gasteiger partial charge in [-0.25, -0.2) is 4.98 Å². The van der Waals surface area contributed by atoms with Gasteiger partial charge in [0.1, 0.15) is 12.2 Å². The van der Waals surface area contributed by atoms with E-state index >= 15 is 0 Å². The summed E-state index contributed by atoms with van der Waals surface area (Å²) in [7, 11) is 0. The number of hydrogen-bond acceptors (Lipinski definition) is 3. The SMILES string of the molecule is CCCCCCCCCC(=O)NCCCc1ncn[nH]1. The van der Waals surface area contributed by atoms with Crippen LogP contribution in [0, 0.1) is 0 Å². The molecule has 0 saturated heterocycles. The van der Waals surface area contributed by atoms with Crippen LogP contribution in [0.3, 0.4) is 0 Å². The summed E-state index contributed by atoms with van der Waals surface area (Å²) in [5, 5.41) is 9.56. The highest BCUT2D eigenvalue weighted by atomic mass is 16.1. The van der Waals surface area contributed by atoms with Gasteiger partial charge in [-0.15, -0.1) is 0 Å². The number of H-pyrrole nitrogens is 1. The Balaban J connectivity index is 1.85. The summed E-state index contributed by atoms with van der Waals surface area (Å²) in [5.74, 6) is 1.06. The average molecular weight is 280 g/mol. The van der Waals surface area contributed by atoms with Crippen LogP contribution in [-0.4, -0.2) is 27.6 Å². The first-order valence-corrected chi connectivity index (χ1v) is 7.94. The quantitative estimate of drug-likeness (QED) is 0.578. The smallest absolute Gasteiger partial charge is 0.219 e. The third-order valence-corrected chi connectivity index (χ3v) is 3.38. The lowest BCUT2D eigenvalue weighted by Crippen LogP contribution is -2.24. The topological polar surface area (TPSA) is 70.7 Å². The third kappa shape index (κ3) is 8.67. The molecule has 0 saturated carbocycles. The Hall–Kier alpha value is -1.39. The molecule has 0 unspecified atom stereocenters. The highest BCUT2D eigenvalue weighted by molar-refractivity contribution is 5.75. The predicted octanol–water partition coefficient (Wildman–Crippen LogP) is 2.99. The zero-order chi connectivity index (χ0) is 14.5. The molecule has 0 spiro atoms. The number of nitrogens with one attached hydrogen (secondary N) is 2. The van der Waals surface area contributed by atoms with E-state index in [1.165, 1.54) is 44.9 Å². The highest BCUT2D eigenvalue weighted by Gasteiger charge is 2.01. The lowest BCUT2D eigenvalue weighted by atomic mass is 10.1. The molecular formula is C15H28N4O. The minimum Gasteiger partial charge on any atom is -0.356 e. The van der Waals surface area contributed by atoms with Crippen LogP contribution < -0.4 is 5.32 Å². The maximum atomic E-state index is 11.6. The number of aromatic amines is 1. The van der Waals surface area contributed by atoms with Gasteiger partial charge >= 0.3 is 0 Å². The second kappa shape index (κ2) is 11.4. The molecule has 1 amide bonds. The minimum absolute atomic E-state index is 0.177. The standard InChI is InChI=1S/C15H28N4O/c1-2-3-4-5-6-7-8-11-15(20)16-12-9-10-14-17-13-18-19-14/h13H,2-12H2,1H3,(H,16,20)(H,17,18,19). The van der Waals surface area contributed by atoms with Crippen molar-refractivity contribution in [2.45, 2.75) is 71.1 Å². The van der Waals surface area contributed by atoms with Gasteiger partial charge in [-0.2, -0.15) is 5.10 Å². The first kappa shape index (κ1) is 16.7. The molecule has 114 valence electrons. The lowest BCUT2D eigenvalue weighted by Gasteiger charge is -2.04. The first-order chi connectivity index (χ1) is 9.83. The van der Waals surface area contributed by atoms with Gasteiger partial charge in [0.05, 0.1) is 0 Å². The molecule has 1 rings (SSSR count). The van der Waals surface area contributed by atoms with Crippen molar-refractivity contribution in [3.8, 4) is 0 Å². The van der Waals surface area contributed by atoms with Gasteiger partial charge < -0.3 is 5.32 Å². The summed E-state index contributed by atoms with van der Waals surface area (Å²) in [6.45, 7) is 2.95. The average Bonchev–Trinajstić information content (AvgIpc) is 2.96. The van der Waals surface area contributed by atoms with Crippen molar-refractivity contribution >= 4 is 5.91 Å². The van der Waals surface area contributed by atoms with Crippen molar-refractivity contribution in [1.82, 2.24) is 20.5 Å². The van der Waals surface area contributed by atoms with E-state index < -0.39 is 0 Å². The molecule has 20 heavy (non-hydrogen) atoms. The van der Waals surface area contributed by atoms with Gasteiger partial charge in [0.2, 0.25) is 5.91 Å². The van der Waals surface area contributed by atoms with Gasteiger partial charge in [-0.3, -0.25) is 9.89 Å². The van der Waals surface area contributed by atoms with Crippen molar-refractivity contribution in [3.63, 3.8) is 0 Å². The van der Waals surface area contributed by atoms with Crippen LogP contribution in [0.2, 0.25) is 0 Å². The summed E-state index contributed by atoms with van der Waals surface area (Å²) >= 11 is 0. The third-order valence-electron chi connectivity index (χ3n) is 3.38. The molecule has 0 aliphatic heterocycles. The van der Waals surface area contributed by atoms with Crippen molar-refractivity contribution in [1.29, 1.82) is 0 Å². The molecule has 0 aliphatic rings. The first-order valence-electron chi connectivity index (χ1n) is 7.94. The van der Waals surface area contributed by atoms with E-state index in [2.05, 4.69) is 27.4 Å². The summed E-state index contributed by atoms with van der Waals surface area (Å²) in [5.41, 5.74) is 0. The molecule has 1 heterocycles. The van der Waals surface area contributed by atoms with Crippen LogP contribution >= 0.6 is 0 Å². The molecular weight excluding hydrogens is 252 g/mol. The molecule has 0 radical (unpaired) electrons. The van der Waals surface area contributed by atoms with Crippen LogP contribution in [0.1, 0.15) is 70.5 Å². The van der Waals surface area contributed by atoms with Crippen LogP contribution in [0.5, 0.6) is 0 Å². The van der Waals surface area contributed by atoms with Gasteiger partial charge in [-0.1, -0.05) is 45.4 Å². The van der Waals surface area contributed by atoms with Crippen molar-refractivity contribution in [2.24, 2.45) is 0 Å². The van der Waals surface area contributed by atoms with E-state index in [4.69, 9.17) is 0 Å². The molecule has 0 atom stereocenters. The molecule has 1 aromatic heterocycles. The van der Waals surface area contributed by atoms with Crippen molar-refractivity contribution in [2.75, 3.05) is 6.54 Å². The van der Waals surface area contributed by atoms with Crippen LogP contribution in [-0.2, 0) is 11.2 Å². The van der Waals surface area contributed by atoms with E-state index in [0.29, 0.717) is 6.42 Å². The minimum atomic E-state index is 0.177. The van der Waals surface area contributed by atoms with Gasteiger partial charge in [0.25, 0.3) is 0 Å². The zero-order valence-corrected chi connectivity index (χ0v) is 12.7. The molecule has 0 bridgehead atoms. The largest absolute Gasteiger partial charge is 0.356 e. The Labute approximate surface area is 122 Å². The number of nitrogens with zero attached hydrogens (tertiary/aromatic N) is 2. The molecule has 0 fully saturated rings. The number of aryl methyl sites for hydroxylation is 1. The summed E-state index contributed by atoms with van der Waals surface area (Å²) in [6.07, 6.45) is 12.6. The summed E-state index contributed by atoms with van der Waals surface area (Å²) in [6, 6.07) is 0. The molecule has 0 aliphatic carbocycles. The van der Waals surface area contributed by atoms with Crippen molar-refractivity contribution < 1.29 is 4.79 Å². The molecule has 5 nitrogen and oxygen atoms in total. The number of amides is 1. The van der Waals surface area contributed by atoms with Crippen LogP contribution in [0.4, 0.5) is 0 Å². The number of aromatic nitrogens is 3. The van der Waals surface area contributed by atoms with E-state index in [0.717, 1.165) is 31.6 Å². The molecule has 0 aromatic carbocycles. The second-order valence-electron chi connectivity index (χ2n) is 5.26. The molecule has 5 heteroatoms. The normalized spacial score (nSPS) is 10.7. The predicted molar refractivity (Wildman–Crippen MR) is 80.3 cm³/mol. The Morgan fingerprint density at radius 1 is 1.15 bits per heavy atom. The molecule has 2 N–H and O–H groups in total. The van der Waals surface area contributed by atoms with Gasteiger partial charge in [0, 0.05) is 19.4 Å². The Morgan fingerprint density at radius 2 is 1.90 bits per heavy atom. The fraction of sp³-hybridized carbons (Fsp3) is 0.800. The Morgan fingerprint density at radius 3 is 2.60 bits per heavy atom. The number of carbonyl (C=O) groups is 1. The van der Waals surface area contributed by atoms with E-state index in [-0.39, 0.29) is 5.91 Å². The maximum Gasteiger partial charge on any atom is 0.219 e. The van der Waals surface area contributed by atoms with E-state index in [1.807, 2.05) is 0 Å². The highest BCUT2D eigenvalue weighted by Crippen LogP contribution is 2.08. The number of rotatable bonds is 12. The maximum absolute atomic E-state index is 11.6. The Bertz CT molecular complexity index is 338. The summed E-state index contributed by atoms with van der Waals surface area (Å²) in [4.78, 5) is 15.6. The molecule has 1 aromatic rings. The zero-order valence-electron chi connectivity index (χ0n) is 12.7. The fourth-order valence-electron chi connectivity index (χ4n) is 2.17. The van der Waals surface area contributed by atoms with E-state index in [9.17, 15) is 4.79 Å². The second-order valence-corrected chi connectivity index (χ2v) is 5.26. The van der Waals surface area contributed by atoms with E-state index in [1.54, 1.807) is 0 Å². The fourth-order valence-corrected chi connectivity index (χ4v) is 2.17. The van der Waals surface area contributed by atoms with Crippen LogP contribution in [0.25, 0.3) is 0 Å². The monoisotopic (exact) mass is 280 g/mol. The lowest BCUT2D eigenvalue weighted by molar-refractivity contribution is -0.121. The Kier molecular flexibility index (Phi) is 9.53. The number of unbranched alkanes of at least 4 members (excludes halogenated alkanes) is 6. The number of carbonyl (C=O) groups excluding carboxylic acids is 1. The van der Waals surface area contributed by atoms with Crippen LogP contribution in [0.15, 0.2) is 6.33 Å². The van der Waals surface area contributed by atoms with Crippen molar-refractivity contribution in [3.05, 3.63) is 12.2 Å².